The molecule has 4 aromatic carbocycles. The summed E-state index contributed by atoms with van der Waals surface area (Å²) in [7, 11) is 0. The number of hydrogen-bond acceptors (Lipinski definition) is 8. The van der Waals surface area contributed by atoms with Crippen molar-refractivity contribution in [2.45, 2.75) is 77.0 Å². The molecule has 8 bridgehead atoms. The van der Waals surface area contributed by atoms with E-state index in [4.69, 9.17) is 0 Å². The Balaban J connectivity index is 1.76. The lowest BCUT2D eigenvalue weighted by atomic mass is 9.87. The maximum absolute atomic E-state index is 11.8. The van der Waals surface area contributed by atoms with Crippen LogP contribution >= 0.6 is 50.5 Å². The predicted molar refractivity (Wildman–Crippen MR) is 212 cm³/mol. The van der Waals surface area contributed by atoms with Crippen molar-refractivity contribution in [3.8, 4) is 23.0 Å². The molecule has 0 amide bonds. The number of thiol groups is 4. The topological polar surface area (TPSA) is 80.9 Å². The van der Waals surface area contributed by atoms with E-state index in [1.807, 2.05) is 48.5 Å². The van der Waals surface area contributed by atoms with Crippen LogP contribution in [0.4, 0.5) is 0 Å². The first-order chi connectivity index (χ1) is 23.2. The Morgan fingerprint density at radius 2 is 0.500 bits per heavy atom. The minimum absolute atomic E-state index is 0.192. The summed E-state index contributed by atoms with van der Waals surface area (Å²) < 4.78 is 0. The highest BCUT2D eigenvalue weighted by Crippen LogP contribution is 2.39. The van der Waals surface area contributed by atoms with Crippen LogP contribution in [0.25, 0.3) is 0 Å². The summed E-state index contributed by atoms with van der Waals surface area (Å²) in [5.74, 6) is 3.78. The second-order valence-electron chi connectivity index (χ2n) is 13.1. The van der Waals surface area contributed by atoms with Crippen LogP contribution in [0.5, 0.6) is 23.0 Å². The van der Waals surface area contributed by atoms with Gasteiger partial charge in [0.15, 0.2) is 0 Å². The molecule has 4 nitrogen and oxygen atoms in total. The van der Waals surface area contributed by atoms with Crippen molar-refractivity contribution < 1.29 is 20.4 Å². The fourth-order valence-electron chi connectivity index (χ4n) is 6.94. The van der Waals surface area contributed by atoms with Gasteiger partial charge in [-0.2, -0.15) is 50.5 Å². The van der Waals surface area contributed by atoms with Gasteiger partial charge in [0.1, 0.15) is 23.0 Å². The molecular formula is C40H48O4S4. The number of hydrogen-bond donors (Lipinski definition) is 8. The van der Waals surface area contributed by atoms with Gasteiger partial charge in [-0.3, -0.25) is 0 Å². The highest BCUT2D eigenvalue weighted by molar-refractivity contribution is 7.80. The zero-order valence-corrected chi connectivity index (χ0v) is 31.1. The van der Waals surface area contributed by atoms with E-state index in [1.54, 1.807) is 0 Å². The molecule has 0 aromatic heterocycles. The lowest BCUT2D eigenvalue weighted by Gasteiger charge is -2.20. The fourth-order valence-corrected chi connectivity index (χ4v) is 7.57. The Kier molecular flexibility index (Phi) is 13.3. The summed E-state index contributed by atoms with van der Waals surface area (Å²) in [5, 5.41) is 47.1. The highest BCUT2D eigenvalue weighted by atomic mass is 32.1. The zero-order chi connectivity index (χ0) is 34.2. The minimum atomic E-state index is 0.192. The average molecular weight is 721 g/mol. The Labute approximate surface area is 307 Å². The SMILES string of the molecule is Oc1c2cc(CCCS)cc1Cc1cc(CCCS)cc(c1O)Cc1cc(CCCS)cc(c1O)Cc1cc(CCCS)cc(c1O)C2. The van der Waals surface area contributed by atoms with E-state index in [2.05, 4.69) is 50.5 Å². The molecule has 0 radical (unpaired) electrons. The van der Waals surface area contributed by atoms with Crippen molar-refractivity contribution in [1.82, 2.24) is 0 Å². The van der Waals surface area contributed by atoms with Gasteiger partial charge in [-0.15, -0.1) is 0 Å². The summed E-state index contributed by atoms with van der Waals surface area (Å²) in [4.78, 5) is 0. The molecule has 8 heteroatoms. The number of aromatic hydroxyl groups is 4. The summed E-state index contributed by atoms with van der Waals surface area (Å²) >= 11 is 17.8. The molecular weight excluding hydrogens is 673 g/mol. The zero-order valence-electron chi connectivity index (χ0n) is 27.5. The summed E-state index contributed by atoms with van der Waals surface area (Å²) in [6.07, 6.45) is 8.22. The first-order valence-corrected chi connectivity index (χ1v) is 19.6. The van der Waals surface area contributed by atoms with Crippen LogP contribution in [-0.4, -0.2) is 43.4 Å². The van der Waals surface area contributed by atoms with E-state index >= 15 is 0 Å². The quantitative estimate of drug-likeness (QED) is 0.0621. The fraction of sp³-hybridized carbons (Fsp3) is 0.400. The average Bonchev–Trinajstić information content (AvgIpc) is 3.07. The minimum Gasteiger partial charge on any atom is -0.507 e. The van der Waals surface area contributed by atoms with Crippen molar-refractivity contribution in [3.63, 3.8) is 0 Å². The Bertz CT molecular complexity index is 1390. The van der Waals surface area contributed by atoms with E-state index in [0.29, 0.717) is 25.7 Å². The van der Waals surface area contributed by atoms with E-state index in [-0.39, 0.29) is 23.0 Å². The second kappa shape index (κ2) is 17.4. The van der Waals surface area contributed by atoms with E-state index in [1.165, 1.54) is 0 Å². The van der Waals surface area contributed by atoms with Gasteiger partial charge in [-0.05, 0) is 141 Å². The van der Waals surface area contributed by atoms with Crippen LogP contribution in [0.15, 0.2) is 48.5 Å². The van der Waals surface area contributed by atoms with E-state index in [0.717, 1.165) is 141 Å². The third-order valence-corrected chi connectivity index (χ3v) is 10.6. The number of rotatable bonds is 12. The van der Waals surface area contributed by atoms with Crippen molar-refractivity contribution in [3.05, 3.63) is 115 Å². The third-order valence-electron chi connectivity index (χ3n) is 9.33. The number of aryl methyl sites for hydroxylation is 4. The Morgan fingerprint density at radius 1 is 0.333 bits per heavy atom. The van der Waals surface area contributed by atoms with Crippen molar-refractivity contribution >= 4 is 50.5 Å². The second-order valence-corrected chi connectivity index (χ2v) is 14.9. The maximum Gasteiger partial charge on any atom is 0.122 e. The Hall–Kier alpha value is -2.52. The normalized spacial score (nSPS) is 12.8. The van der Waals surface area contributed by atoms with Gasteiger partial charge in [0.25, 0.3) is 0 Å². The molecule has 5 rings (SSSR count). The first kappa shape index (κ1) is 36.8. The van der Waals surface area contributed by atoms with Gasteiger partial charge in [0, 0.05) is 25.7 Å². The monoisotopic (exact) mass is 720 g/mol. The van der Waals surface area contributed by atoms with Crippen molar-refractivity contribution in [2.75, 3.05) is 23.0 Å². The predicted octanol–water partition coefficient (Wildman–Crippen LogP) is 8.64. The van der Waals surface area contributed by atoms with E-state index < -0.39 is 0 Å². The Morgan fingerprint density at radius 3 is 0.646 bits per heavy atom. The molecule has 0 heterocycles. The number of fused-ring (bicyclic) bond motifs is 8. The third kappa shape index (κ3) is 8.98. The van der Waals surface area contributed by atoms with Crippen LogP contribution in [0.2, 0.25) is 0 Å². The van der Waals surface area contributed by atoms with Gasteiger partial charge in [-0.1, -0.05) is 48.5 Å². The van der Waals surface area contributed by atoms with Crippen LogP contribution in [0, 0.1) is 0 Å². The molecule has 0 saturated carbocycles. The van der Waals surface area contributed by atoms with Gasteiger partial charge in [0.05, 0.1) is 0 Å². The van der Waals surface area contributed by atoms with Gasteiger partial charge >= 0.3 is 0 Å². The summed E-state index contributed by atoms with van der Waals surface area (Å²) in [6.45, 7) is 0. The molecule has 4 N–H and O–H groups in total. The molecule has 4 aromatic rings. The van der Waals surface area contributed by atoms with Gasteiger partial charge in [-0.25, -0.2) is 0 Å². The highest BCUT2D eigenvalue weighted by Gasteiger charge is 2.22. The number of benzene rings is 4. The van der Waals surface area contributed by atoms with Crippen LogP contribution in [0.3, 0.4) is 0 Å². The summed E-state index contributed by atoms with van der Waals surface area (Å²) in [5.41, 5.74) is 10.3. The molecule has 1 aliphatic rings. The molecule has 0 saturated heterocycles. The number of phenolic OH excluding ortho intramolecular Hbond substituents is 4. The standard InChI is InChI=1S/C40H48O4S4/c41-37-29-13-25(5-1-9-45)14-30(37)22-32-16-27(7-3-11-47)18-34(39(32)43)24-36-20-28(8-4-12-48)19-35(40(36)44)23-33-17-26(6-2-10-46)15-31(21-29)38(33)42/h13-20,41-48H,1-12,21-24H2. The van der Waals surface area contributed by atoms with Crippen LogP contribution in [-0.2, 0) is 51.4 Å². The molecule has 0 unspecified atom stereocenters. The first-order valence-electron chi connectivity index (χ1n) is 17.0. The smallest absolute Gasteiger partial charge is 0.122 e. The number of phenols is 4. The molecule has 0 atom stereocenters. The molecule has 256 valence electrons. The van der Waals surface area contributed by atoms with Crippen LogP contribution in [0.1, 0.15) is 92.4 Å². The molecule has 1 aliphatic carbocycles. The molecule has 0 aliphatic heterocycles. The van der Waals surface area contributed by atoms with Crippen molar-refractivity contribution in [1.29, 1.82) is 0 Å². The maximum atomic E-state index is 11.8. The van der Waals surface area contributed by atoms with Gasteiger partial charge < -0.3 is 20.4 Å². The van der Waals surface area contributed by atoms with Gasteiger partial charge in [0.2, 0.25) is 0 Å². The van der Waals surface area contributed by atoms with E-state index in [9.17, 15) is 20.4 Å². The lowest BCUT2D eigenvalue weighted by molar-refractivity contribution is 0.450. The van der Waals surface area contributed by atoms with Crippen LogP contribution < -0.4 is 0 Å². The molecule has 48 heavy (non-hydrogen) atoms. The largest absolute Gasteiger partial charge is 0.507 e. The lowest BCUT2D eigenvalue weighted by Crippen LogP contribution is -2.05. The molecule has 0 fully saturated rings. The van der Waals surface area contributed by atoms with Crippen molar-refractivity contribution in [2.24, 2.45) is 0 Å². The summed E-state index contributed by atoms with van der Waals surface area (Å²) in [6, 6.07) is 16.4. The molecule has 0 spiro atoms.